The van der Waals surface area contributed by atoms with Gasteiger partial charge in [0.2, 0.25) is 0 Å². The van der Waals surface area contributed by atoms with Crippen molar-refractivity contribution in [1.29, 1.82) is 0 Å². The quantitative estimate of drug-likeness (QED) is 0.216. The van der Waals surface area contributed by atoms with Gasteiger partial charge in [0.05, 0.1) is 6.10 Å². The van der Waals surface area contributed by atoms with E-state index >= 15 is 0 Å². The van der Waals surface area contributed by atoms with Crippen LogP contribution in [0.4, 0.5) is 13.2 Å². The van der Waals surface area contributed by atoms with Gasteiger partial charge in [0.25, 0.3) is 0 Å². The fraction of sp³-hybridized carbons (Fsp3) is 0.412. The van der Waals surface area contributed by atoms with Crippen molar-refractivity contribution >= 4 is 5.57 Å². The molecule has 0 fully saturated rings. The first-order chi connectivity index (χ1) is 18.5. The Morgan fingerprint density at radius 1 is 0.737 bits per heavy atom. The van der Waals surface area contributed by atoms with Gasteiger partial charge in [-0.05, 0) is 66.0 Å². The molecule has 0 aromatic heterocycles. The predicted molar refractivity (Wildman–Crippen MR) is 152 cm³/mol. The molecular formula is C34H39F3O. The number of benzene rings is 3. The molecule has 1 aliphatic carbocycles. The van der Waals surface area contributed by atoms with Crippen molar-refractivity contribution in [3.8, 4) is 22.3 Å². The van der Waals surface area contributed by atoms with Crippen LogP contribution in [-0.2, 0) is 11.2 Å². The van der Waals surface area contributed by atoms with Crippen LogP contribution in [0, 0.1) is 17.5 Å². The Balaban J connectivity index is 1.41. The lowest BCUT2D eigenvalue weighted by molar-refractivity contribution is 0.0964. The van der Waals surface area contributed by atoms with Gasteiger partial charge in [-0.25, -0.2) is 13.2 Å². The van der Waals surface area contributed by atoms with Crippen LogP contribution in [0.15, 0.2) is 60.7 Å². The molecule has 0 saturated heterocycles. The minimum Gasteiger partial charge on any atom is -0.381 e. The molecule has 4 heteroatoms. The number of allylic oxidation sites excluding steroid dienone is 1. The first kappa shape index (κ1) is 28.2. The van der Waals surface area contributed by atoms with Crippen molar-refractivity contribution in [2.75, 3.05) is 7.11 Å². The first-order valence-corrected chi connectivity index (χ1v) is 14.1. The Labute approximate surface area is 225 Å². The van der Waals surface area contributed by atoms with E-state index in [1.807, 2.05) is 24.3 Å². The summed E-state index contributed by atoms with van der Waals surface area (Å²) in [4.78, 5) is 0. The van der Waals surface area contributed by atoms with E-state index in [0.717, 1.165) is 55.2 Å². The van der Waals surface area contributed by atoms with Gasteiger partial charge < -0.3 is 4.74 Å². The van der Waals surface area contributed by atoms with E-state index < -0.39 is 11.6 Å². The highest BCUT2D eigenvalue weighted by molar-refractivity contribution is 5.74. The maximum Gasteiger partial charge on any atom is 0.166 e. The molecule has 0 N–H and O–H groups in total. The Hall–Kier alpha value is -2.85. The second-order valence-electron chi connectivity index (χ2n) is 10.4. The second-order valence-corrected chi connectivity index (χ2v) is 10.4. The lowest BCUT2D eigenvalue weighted by Gasteiger charge is -2.21. The number of halogens is 3. The van der Waals surface area contributed by atoms with Crippen molar-refractivity contribution in [3.05, 3.63) is 89.3 Å². The van der Waals surface area contributed by atoms with E-state index in [9.17, 15) is 13.2 Å². The van der Waals surface area contributed by atoms with E-state index in [1.165, 1.54) is 25.7 Å². The van der Waals surface area contributed by atoms with Crippen molar-refractivity contribution < 1.29 is 17.9 Å². The second kappa shape index (κ2) is 13.8. The summed E-state index contributed by atoms with van der Waals surface area (Å²) >= 11 is 0. The zero-order chi connectivity index (χ0) is 26.9. The van der Waals surface area contributed by atoms with E-state index in [0.29, 0.717) is 23.1 Å². The number of ether oxygens (including phenoxy) is 1. The topological polar surface area (TPSA) is 9.23 Å². The minimum absolute atomic E-state index is 0.208. The Kier molecular flexibility index (Phi) is 10.2. The van der Waals surface area contributed by atoms with Crippen molar-refractivity contribution in [2.24, 2.45) is 0 Å². The third-order valence-electron chi connectivity index (χ3n) is 7.75. The average Bonchev–Trinajstić information content (AvgIpc) is 2.95. The third kappa shape index (κ3) is 6.96. The van der Waals surface area contributed by atoms with Crippen LogP contribution in [0.1, 0.15) is 82.3 Å². The molecule has 0 aliphatic heterocycles. The maximum atomic E-state index is 15.0. The van der Waals surface area contributed by atoms with E-state index in [4.69, 9.17) is 4.74 Å². The lowest BCUT2D eigenvalue weighted by Crippen LogP contribution is -2.13. The summed E-state index contributed by atoms with van der Waals surface area (Å²) in [6.45, 7) is 2.20. The molecule has 4 rings (SSSR count). The number of rotatable bonds is 12. The summed E-state index contributed by atoms with van der Waals surface area (Å²) in [5.74, 6) is -1.80. The SMILES string of the molecule is CCCCCCCCCc1ccc(-c2ccc(-c3ccc(C4=CCC(OC)CC4)c(F)c3)cc2)c(F)c1F. The molecule has 1 unspecified atom stereocenters. The molecule has 3 aromatic carbocycles. The monoisotopic (exact) mass is 520 g/mol. The minimum atomic E-state index is -0.801. The molecule has 0 heterocycles. The van der Waals surface area contributed by atoms with Gasteiger partial charge >= 0.3 is 0 Å². The number of aryl methyl sites for hydroxylation is 1. The highest BCUT2D eigenvalue weighted by Crippen LogP contribution is 2.33. The zero-order valence-corrected chi connectivity index (χ0v) is 22.7. The molecule has 0 amide bonds. The van der Waals surface area contributed by atoms with Crippen LogP contribution < -0.4 is 0 Å². The van der Waals surface area contributed by atoms with Gasteiger partial charge in [-0.1, -0.05) is 100 Å². The van der Waals surface area contributed by atoms with Gasteiger partial charge in [-0.15, -0.1) is 0 Å². The maximum absolute atomic E-state index is 15.0. The first-order valence-electron chi connectivity index (χ1n) is 14.1. The van der Waals surface area contributed by atoms with Gasteiger partial charge in [0.1, 0.15) is 5.82 Å². The fourth-order valence-electron chi connectivity index (χ4n) is 5.34. The number of methoxy groups -OCH3 is 1. The number of hydrogen-bond donors (Lipinski definition) is 0. The van der Waals surface area contributed by atoms with Gasteiger partial charge in [0.15, 0.2) is 11.6 Å². The van der Waals surface area contributed by atoms with Crippen molar-refractivity contribution in [1.82, 2.24) is 0 Å². The number of unbranched alkanes of at least 4 members (excludes halogenated alkanes) is 6. The number of hydrogen-bond acceptors (Lipinski definition) is 1. The van der Waals surface area contributed by atoms with Crippen LogP contribution in [0.5, 0.6) is 0 Å². The molecule has 1 nitrogen and oxygen atoms in total. The molecule has 202 valence electrons. The predicted octanol–water partition coefficient (Wildman–Crippen LogP) is 10.3. The Morgan fingerprint density at radius 2 is 1.39 bits per heavy atom. The summed E-state index contributed by atoms with van der Waals surface area (Å²) in [7, 11) is 1.71. The zero-order valence-electron chi connectivity index (χ0n) is 22.7. The van der Waals surface area contributed by atoms with Gasteiger partial charge in [0, 0.05) is 18.2 Å². The normalized spacial score (nSPS) is 15.5. The van der Waals surface area contributed by atoms with E-state index in [2.05, 4.69) is 13.0 Å². The van der Waals surface area contributed by atoms with Crippen LogP contribution >= 0.6 is 0 Å². The van der Waals surface area contributed by atoms with Crippen LogP contribution in [0.2, 0.25) is 0 Å². The summed E-state index contributed by atoms with van der Waals surface area (Å²) < 4.78 is 50.2. The smallest absolute Gasteiger partial charge is 0.166 e. The van der Waals surface area contributed by atoms with Gasteiger partial charge in [-0.3, -0.25) is 0 Å². The highest BCUT2D eigenvalue weighted by Gasteiger charge is 2.18. The third-order valence-corrected chi connectivity index (χ3v) is 7.75. The van der Waals surface area contributed by atoms with Crippen LogP contribution in [0.25, 0.3) is 27.8 Å². The fourth-order valence-corrected chi connectivity index (χ4v) is 5.34. The molecule has 1 atom stereocenters. The van der Waals surface area contributed by atoms with Crippen LogP contribution in [0.3, 0.4) is 0 Å². The average molecular weight is 521 g/mol. The lowest BCUT2D eigenvalue weighted by atomic mass is 9.90. The van der Waals surface area contributed by atoms with Crippen LogP contribution in [-0.4, -0.2) is 13.2 Å². The molecule has 0 spiro atoms. The Morgan fingerprint density at radius 3 is 2.05 bits per heavy atom. The highest BCUT2D eigenvalue weighted by atomic mass is 19.2. The van der Waals surface area contributed by atoms with E-state index in [1.54, 1.807) is 37.4 Å². The largest absolute Gasteiger partial charge is 0.381 e. The summed E-state index contributed by atoms with van der Waals surface area (Å²) in [5.41, 5.74) is 4.52. The van der Waals surface area contributed by atoms with E-state index in [-0.39, 0.29) is 17.5 Å². The molecule has 3 aromatic rings. The van der Waals surface area contributed by atoms with Crippen molar-refractivity contribution in [3.63, 3.8) is 0 Å². The molecule has 0 bridgehead atoms. The summed E-state index contributed by atoms with van der Waals surface area (Å²) in [5, 5.41) is 0. The Bertz CT molecular complexity index is 1230. The standard InChI is InChI=1S/C34H39F3O/c1-3-4-5-6-7-8-9-10-27-17-22-31(34(37)33(27)36)26-13-11-24(12-14-26)28-18-21-30(32(35)23-28)25-15-19-29(38-2)20-16-25/h11-15,17-18,21-23,29H,3-10,16,19-20H2,1-2H3. The molecule has 1 aliphatic rings. The summed E-state index contributed by atoms with van der Waals surface area (Å²) in [6, 6.07) is 15.9. The van der Waals surface area contributed by atoms with Gasteiger partial charge in [-0.2, -0.15) is 0 Å². The summed E-state index contributed by atoms with van der Waals surface area (Å²) in [6.07, 6.45) is 13.3. The van der Waals surface area contributed by atoms with Crippen molar-refractivity contribution in [2.45, 2.75) is 83.7 Å². The molecular weight excluding hydrogens is 481 g/mol. The molecule has 0 radical (unpaired) electrons. The molecule has 0 saturated carbocycles. The molecule has 38 heavy (non-hydrogen) atoms.